The third-order valence-electron chi connectivity index (χ3n) is 5.40. The second kappa shape index (κ2) is 12.8. The molecule has 1 aliphatic rings. The number of benzene rings is 1. The highest BCUT2D eigenvalue weighted by Crippen LogP contribution is 2.31. The topological polar surface area (TPSA) is 87.8 Å². The molecule has 0 amide bonds. The summed E-state index contributed by atoms with van der Waals surface area (Å²) >= 11 is 0. The summed E-state index contributed by atoms with van der Waals surface area (Å²) in [5.74, 6) is 3.35. The fraction of sp³-hybridized carbons (Fsp3) is 0.591. The van der Waals surface area contributed by atoms with E-state index in [1.165, 1.54) is 18.4 Å². The minimum atomic E-state index is 0. The van der Waals surface area contributed by atoms with E-state index in [9.17, 15) is 0 Å². The minimum Gasteiger partial charge on any atom is -0.496 e. The molecule has 0 radical (unpaired) electrons. The minimum absolute atomic E-state index is 0. The van der Waals surface area contributed by atoms with Crippen molar-refractivity contribution >= 4 is 29.9 Å². The SMILES string of the molecule is CN=C(NCCc1nc(C(C)C)no1)NCC(c1ccccc1OC)N1CCCC1.I. The number of nitrogens with one attached hydrogen (secondary N) is 2. The van der Waals surface area contributed by atoms with E-state index in [1.807, 2.05) is 12.1 Å². The van der Waals surface area contributed by atoms with Crippen molar-refractivity contribution in [2.45, 2.75) is 45.1 Å². The zero-order valence-electron chi connectivity index (χ0n) is 18.9. The van der Waals surface area contributed by atoms with Crippen LogP contribution in [0, 0.1) is 0 Å². The highest BCUT2D eigenvalue weighted by atomic mass is 127. The van der Waals surface area contributed by atoms with Crippen LogP contribution in [-0.2, 0) is 6.42 Å². The number of aromatic nitrogens is 2. The number of hydrogen-bond acceptors (Lipinski definition) is 6. The summed E-state index contributed by atoms with van der Waals surface area (Å²) in [6, 6.07) is 8.50. The first kappa shape index (κ1) is 25.4. The number of rotatable bonds is 9. The van der Waals surface area contributed by atoms with Gasteiger partial charge in [0.2, 0.25) is 5.89 Å². The van der Waals surface area contributed by atoms with Crippen molar-refractivity contribution in [3.8, 4) is 5.75 Å². The first-order valence-corrected chi connectivity index (χ1v) is 10.8. The lowest BCUT2D eigenvalue weighted by Crippen LogP contribution is -2.43. The van der Waals surface area contributed by atoms with Crippen molar-refractivity contribution in [2.24, 2.45) is 4.99 Å². The third kappa shape index (κ3) is 7.06. The Balaban J connectivity index is 0.00000341. The first-order valence-electron chi connectivity index (χ1n) is 10.8. The highest BCUT2D eigenvalue weighted by molar-refractivity contribution is 14.0. The van der Waals surface area contributed by atoms with Gasteiger partial charge >= 0.3 is 0 Å². The quantitative estimate of drug-likeness (QED) is 0.286. The van der Waals surface area contributed by atoms with E-state index >= 15 is 0 Å². The van der Waals surface area contributed by atoms with Crippen molar-refractivity contribution < 1.29 is 9.26 Å². The summed E-state index contributed by atoms with van der Waals surface area (Å²) in [5.41, 5.74) is 1.21. The number of halogens is 1. The number of hydrogen-bond donors (Lipinski definition) is 2. The van der Waals surface area contributed by atoms with Gasteiger partial charge in [-0.15, -0.1) is 24.0 Å². The maximum absolute atomic E-state index is 5.63. The Morgan fingerprint density at radius 1 is 1.23 bits per heavy atom. The third-order valence-corrected chi connectivity index (χ3v) is 5.40. The first-order chi connectivity index (χ1) is 14.6. The largest absolute Gasteiger partial charge is 0.496 e. The van der Waals surface area contributed by atoms with Gasteiger partial charge in [-0.25, -0.2) is 0 Å². The Morgan fingerprint density at radius 2 is 1.97 bits per heavy atom. The van der Waals surface area contributed by atoms with Crippen LogP contribution in [0.1, 0.15) is 55.9 Å². The molecular weight excluding hydrogens is 507 g/mol. The number of guanidine groups is 1. The van der Waals surface area contributed by atoms with Crippen molar-refractivity contribution in [1.82, 2.24) is 25.7 Å². The predicted molar refractivity (Wildman–Crippen MR) is 133 cm³/mol. The normalized spacial score (nSPS) is 15.6. The van der Waals surface area contributed by atoms with E-state index in [4.69, 9.17) is 9.26 Å². The van der Waals surface area contributed by atoms with E-state index in [-0.39, 0.29) is 35.9 Å². The van der Waals surface area contributed by atoms with Gasteiger partial charge in [-0.05, 0) is 32.0 Å². The van der Waals surface area contributed by atoms with Gasteiger partial charge in [-0.3, -0.25) is 9.89 Å². The zero-order chi connectivity index (χ0) is 21.3. The summed E-state index contributed by atoms with van der Waals surface area (Å²) < 4.78 is 10.9. The average Bonchev–Trinajstić information content (AvgIpc) is 3.45. The van der Waals surface area contributed by atoms with E-state index in [0.29, 0.717) is 18.9 Å². The van der Waals surface area contributed by atoms with Gasteiger partial charge in [0.05, 0.1) is 13.2 Å². The molecule has 1 saturated heterocycles. The van der Waals surface area contributed by atoms with Crippen molar-refractivity contribution in [2.75, 3.05) is 40.3 Å². The molecule has 3 rings (SSSR count). The van der Waals surface area contributed by atoms with Crippen molar-refractivity contribution in [3.63, 3.8) is 0 Å². The fourth-order valence-electron chi connectivity index (χ4n) is 3.74. The predicted octanol–water partition coefficient (Wildman–Crippen LogP) is 3.36. The average molecular weight is 542 g/mol. The van der Waals surface area contributed by atoms with Crippen LogP contribution in [0.3, 0.4) is 0 Å². The molecule has 9 heteroatoms. The maximum Gasteiger partial charge on any atom is 0.228 e. The molecule has 1 aromatic heterocycles. The Hall–Kier alpha value is -1.88. The smallest absolute Gasteiger partial charge is 0.228 e. The van der Waals surface area contributed by atoms with Crippen LogP contribution in [-0.4, -0.2) is 61.3 Å². The molecule has 1 aliphatic heterocycles. The number of aliphatic imine (C=N–C) groups is 1. The van der Waals surface area contributed by atoms with Gasteiger partial charge in [0, 0.05) is 38.0 Å². The Kier molecular flexibility index (Phi) is 10.5. The Bertz CT molecular complexity index is 820. The second-order valence-corrected chi connectivity index (χ2v) is 7.83. The molecule has 172 valence electrons. The summed E-state index contributed by atoms with van der Waals surface area (Å²) in [7, 11) is 3.52. The van der Waals surface area contributed by atoms with Gasteiger partial charge in [0.1, 0.15) is 5.75 Å². The van der Waals surface area contributed by atoms with Gasteiger partial charge in [-0.1, -0.05) is 37.2 Å². The van der Waals surface area contributed by atoms with E-state index < -0.39 is 0 Å². The molecule has 1 fully saturated rings. The molecule has 0 spiro atoms. The Labute approximate surface area is 202 Å². The van der Waals surface area contributed by atoms with Gasteiger partial charge in [-0.2, -0.15) is 4.98 Å². The van der Waals surface area contributed by atoms with E-state index in [0.717, 1.165) is 37.2 Å². The molecule has 2 N–H and O–H groups in total. The number of para-hydroxylation sites is 1. The number of methoxy groups -OCH3 is 1. The molecule has 0 saturated carbocycles. The molecular formula is C22H35IN6O2. The lowest BCUT2D eigenvalue weighted by Gasteiger charge is -2.30. The van der Waals surface area contributed by atoms with Crippen LogP contribution in [0.25, 0.3) is 0 Å². The molecule has 1 unspecified atom stereocenters. The Morgan fingerprint density at radius 3 is 2.61 bits per heavy atom. The molecule has 2 aromatic rings. The highest BCUT2D eigenvalue weighted by Gasteiger charge is 2.26. The van der Waals surface area contributed by atoms with Crippen molar-refractivity contribution in [3.05, 3.63) is 41.5 Å². The van der Waals surface area contributed by atoms with Crippen LogP contribution >= 0.6 is 24.0 Å². The van der Waals surface area contributed by atoms with E-state index in [2.05, 4.69) is 56.6 Å². The van der Waals surface area contributed by atoms with E-state index in [1.54, 1.807) is 14.2 Å². The summed E-state index contributed by atoms with van der Waals surface area (Å²) in [5, 5.41) is 10.8. The lowest BCUT2D eigenvalue weighted by atomic mass is 10.0. The van der Waals surface area contributed by atoms with Crippen LogP contribution in [0.4, 0.5) is 0 Å². The van der Waals surface area contributed by atoms with Gasteiger partial charge < -0.3 is 19.9 Å². The second-order valence-electron chi connectivity index (χ2n) is 7.83. The van der Waals surface area contributed by atoms with Gasteiger partial charge in [0.25, 0.3) is 0 Å². The van der Waals surface area contributed by atoms with Crippen LogP contribution in [0.2, 0.25) is 0 Å². The zero-order valence-corrected chi connectivity index (χ0v) is 21.3. The molecule has 8 nitrogen and oxygen atoms in total. The lowest BCUT2D eigenvalue weighted by molar-refractivity contribution is 0.239. The fourth-order valence-corrected chi connectivity index (χ4v) is 3.74. The summed E-state index contributed by atoms with van der Waals surface area (Å²) in [4.78, 5) is 11.3. The maximum atomic E-state index is 5.63. The van der Waals surface area contributed by atoms with Gasteiger partial charge in [0.15, 0.2) is 11.8 Å². The summed E-state index contributed by atoms with van der Waals surface area (Å²) in [6.45, 7) is 7.73. The van der Waals surface area contributed by atoms with Crippen LogP contribution < -0.4 is 15.4 Å². The number of likely N-dealkylation sites (tertiary alicyclic amines) is 1. The molecule has 1 aromatic carbocycles. The molecule has 2 heterocycles. The van der Waals surface area contributed by atoms with Crippen molar-refractivity contribution in [1.29, 1.82) is 0 Å². The molecule has 1 atom stereocenters. The number of ether oxygens (including phenoxy) is 1. The standard InChI is InChI=1S/C22H34N6O2.HI/c1-16(2)21-26-20(30-27-21)11-12-24-22(23-3)25-15-18(28-13-7-8-14-28)17-9-5-6-10-19(17)29-4;/h5-6,9-10,16,18H,7-8,11-15H2,1-4H3,(H2,23,24,25);1H. The molecule has 31 heavy (non-hydrogen) atoms. The molecule has 0 aliphatic carbocycles. The molecule has 0 bridgehead atoms. The van der Waals surface area contributed by atoms with Crippen LogP contribution in [0.5, 0.6) is 5.75 Å². The monoisotopic (exact) mass is 542 g/mol. The van der Waals surface area contributed by atoms with Crippen LogP contribution in [0.15, 0.2) is 33.8 Å². The summed E-state index contributed by atoms with van der Waals surface area (Å²) in [6.07, 6.45) is 3.13. The number of nitrogens with zero attached hydrogens (tertiary/aromatic N) is 4.